The van der Waals surface area contributed by atoms with Gasteiger partial charge in [0.25, 0.3) is 5.69 Å². The molecule has 2 aromatic carbocycles. The molecule has 0 radical (unpaired) electrons. The Morgan fingerprint density at radius 2 is 1.86 bits per heavy atom. The van der Waals surface area contributed by atoms with Crippen molar-refractivity contribution in [1.82, 2.24) is 10.2 Å². The van der Waals surface area contributed by atoms with Gasteiger partial charge in [0.2, 0.25) is 5.91 Å². The second kappa shape index (κ2) is 7.07. The van der Waals surface area contributed by atoms with Gasteiger partial charge in [-0.15, -0.1) is 0 Å². The van der Waals surface area contributed by atoms with Crippen LogP contribution in [0.3, 0.4) is 0 Å². The van der Waals surface area contributed by atoms with Gasteiger partial charge in [0.1, 0.15) is 0 Å². The molecule has 1 aliphatic heterocycles. The third-order valence-electron chi connectivity index (χ3n) is 4.84. The maximum Gasteiger partial charge on any atom is 0.269 e. The zero-order chi connectivity index (χ0) is 19.7. The van der Waals surface area contributed by atoms with Gasteiger partial charge in [-0.2, -0.15) is 5.10 Å². The first kappa shape index (κ1) is 17.6. The van der Waals surface area contributed by atoms with E-state index in [-0.39, 0.29) is 17.5 Å². The van der Waals surface area contributed by atoms with Crippen molar-refractivity contribution < 1.29 is 9.72 Å². The van der Waals surface area contributed by atoms with Gasteiger partial charge in [-0.25, -0.2) is 4.99 Å². The zero-order valence-electron chi connectivity index (χ0n) is 15.0. The number of non-ortho nitro benzene ring substituents is 1. The van der Waals surface area contributed by atoms with Gasteiger partial charge in [-0.1, -0.05) is 30.3 Å². The molecule has 0 fully saturated rings. The largest absolute Gasteiger partial charge is 0.325 e. The van der Waals surface area contributed by atoms with E-state index in [0.29, 0.717) is 17.2 Å². The monoisotopic (exact) mass is 375 g/mol. The minimum absolute atomic E-state index is 0.0291. The normalized spacial score (nSPS) is 18.1. The highest BCUT2D eigenvalue weighted by Gasteiger charge is 2.38. The highest BCUT2D eigenvalue weighted by molar-refractivity contribution is 6.11. The lowest BCUT2D eigenvalue weighted by molar-refractivity contribution is -0.384. The van der Waals surface area contributed by atoms with Crippen LogP contribution in [0.1, 0.15) is 24.0 Å². The second-order valence-corrected chi connectivity index (χ2v) is 6.59. The second-order valence-electron chi connectivity index (χ2n) is 6.59. The number of carbonyl (C=O) groups is 1. The molecule has 3 aromatic rings. The maximum absolute atomic E-state index is 13.2. The summed E-state index contributed by atoms with van der Waals surface area (Å²) in [5.74, 6) is -0.324. The van der Waals surface area contributed by atoms with Crippen LogP contribution in [0.15, 0.2) is 65.8 Å². The molecule has 0 saturated carbocycles. The Balaban J connectivity index is 1.67. The fourth-order valence-corrected chi connectivity index (χ4v) is 3.53. The number of H-pyrrole nitrogens is 1. The van der Waals surface area contributed by atoms with Crippen molar-refractivity contribution in [3.8, 4) is 0 Å². The number of hydrogen-bond acceptors (Lipinski definition) is 5. The SMILES string of the molecule is CC1=Nc2[nH]ncc2C(c2ccccc2)C1C(=O)Nc1ccc([N+](=O)[O-])cc1. The summed E-state index contributed by atoms with van der Waals surface area (Å²) in [6.45, 7) is 1.82. The first-order chi connectivity index (χ1) is 13.5. The summed E-state index contributed by atoms with van der Waals surface area (Å²) in [6.07, 6.45) is 1.70. The molecule has 0 bridgehead atoms. The van der Waals surface area contributed by atoms with Gasteiger partial charge in [0.15, 0.2) is 5.82 Å². The van der Waals surface area contributed by atoms with Crippen LogP contribution >= 0.6 is 0 Å². The number of nitro benzene ring substituents is 1. The molecule has 1 aliphatic rings. The van der Waals surface area contributed by atoms with E-state index in [4.69, 9.17) is 0 Å². The standard InChI is InChI=1S/C20H17N5O3/c1-12-17(20(26)23-14-7-9-15(10-8-14)25(27)28)18(13-5-3-2-4-6-13)16-11-21-24-19(16)22-12/h2-11,17-18H,1H3,(H,21,24)(H,23,26). The Labute approximate surface area is 160 Å². The number of nitrogens with one attached hydrogen (secondary N) is 2. The molecule has 140 valence electrons. The van der Waals surface area contributed by atoms with E-state index >= 15 is 0 Å². The van der Waals surface area contributed by atoms with Crippen LogP contribution in [0.4, 0.5) is 17.2 Å². The van der Waals surface area contributed by atoms with Crippen molar-refractivity contribution in [3.05, 3.63) is 82.0 Å². The summed E-state index contributed by atoms with van der Waals surface area (Å²) in [7, 11) is 0. The molecule has 2 heterocycles. The number of aromatic nitrogens is 2. The number of amides is 1. The Morgan fingerprint density at radius 1 is 1.14 bits per heavy atom. The highest BCUT2D eigenvalue weighted by Crippen LogP contribution is 2.41. The van der Waals surface area contributed by atoms with Crippen LogP contribution in [0.25, 0.3) is 0 Å². The number of fused-ring (bicyclic) bond motifs is 1. The van der Waals surface area contributed by atoms with Crippen LogP contribution in [0.2, 0.25) is 0 Å². The predicted octanol–water partition coefficient (Wildman–Crippen LogP) is 3.81. The number of hydrogen-bond donors (Lipinski definition) is 2. The number of anilines is 1. The van der Waals surface area contributed by atoms with E-state index in [1.165, 1.54) is 24.3 Å². The van der Waals surface area contributed by atoms with Crippen LogP contribution in [-0.2, 0) is 4.79 Å². The molecule has 1 amide bonds. The third kappa shape index (κ3) is 3.16. The molecule has 8 nitrogen and oxygen atoms in total. The van der Waals surface area contributed by atoms with Crippen molar-refractivity contribution in [1.29, 1.82) is 0 Å². The van der Waals surface area contributed by atoms with Crippen molar-refractivity contribution in [2.45, 2.75) is 12.8 Å². The number of aliphatic imine (C=N–C) groups is 1. The summed E-state index contributed by atoms with van der Waals surface area (Å²) >= 11 is 0. The number of aromatic amines is 1. The lowest BCUT2D eigenvalue weighted by Crippen LogP contribution is -2.35. The number of carbonyl (C=O) groups excluding carboxylic acids is 1. The Bertz CT molecular complexity index is 1060. The summed E-state index contributed by atoms with van der Waals surface area (Å²) in [6, 6.07) is 15.5. The van der Waals surface area contributed by atoms with Gasteiger partial charge in [0, 0.05) is 35.0 Å². The third-order valence-corrected chi connectivity index (χ3v) is 4.84. The summed E-state index contributed by atoms with van der Waals surface area (Å²) in [4.78, 5) is 28.0. The molecule has 0 spiro atoms. The molecule has 1 aromatic heterocycles. The van der Waals surface area contributed by atoms with Crippen molar-refractivity contribution in [2.24, 2.45) is 10.9 Å². The van der Waals surface area contributed by atoms with E-state index < -0.39 is 10.8 Å². The number of nitrogens with zero attached hydrogens (tertiary/aromatic N) is 3. The molecule has 2 N–H and O–H groups in total. The predicted molar refractivity (Wildman–Crippen MR) is 105 cm³/mol. The summed E-state index contributed by atoms with van der Waals surface area (Å²) in [5, 5.41) is 20.6. The van der Waals surface area contributed by atoms with Gasteiger partial charge in [-0.3, -0.25) is 20.0 Å². The molecular formula is C20H17N5O3. The van der Waals surface area contributed by atoms with E-state index in [9.17, 15) is 14.9 Å². The average Bonchev–Trinajstić information content (AvgIpc) is 3.15. The minimum atomic E-state index is -0.525. The number of nitro groups is 1. The molecule has 2 unspecified atom stereocenters. The smallest absolute Gasteiger partial charge is 0.269 e. The van der Waals surface area contributed by atoms with Crippen LogP contribution in [0, 0.1) is 16.0 Å². The molecule has 0 saturated heterocycles. The number of rotatable bonds is 4. The number of benzene rings is 2. The molecule has 0 aliphatic carbocycles. The highest BCUT2D eigenvalue weighted by atomic mass is 16.6. The lowest BCUT2D eigenvalue weighted by atomic mass is 9.77. The van der Waals surface area contributed by atoms with E-state index in [1.54, 1.807) is 6.20 Å². The van der Waals surface area contributed by atoms with Gasteiger partial charge < -0.3 is 5.32 Å². The van der Waals surface area contributed by atoms with Crippen molar-refractivity contribution >= 4 is 28.8 Å². The molecule has 8 heteroatoms. The lowest BCUT2D eigenvalue weighted by Gasteiger charge is -2.29. The molecule has 4 rings (SSSR count). The fourth-order valence-electron chi connectivity index (χ4n) is 3.53. The molecule has 2 atom stereocenters. The van der Waals surface area contributed by atoms with Crippen molar-refractivity contribution in [3.63, 3.8) is 0 Å². The molecular weight excluding hydrogens is 358 g/mol. The Kier molecular flexibility index (Phi) is 4.44. The maximum atomic E-state index is 13.2. The van der Waals surface area contributed by atoms with Crippen molar-refractivity contribution in [2.75, 3.05) is 5.32 Å². The zero-order valence-corrected chi connectivity index (χ0v) is 15.0. The van der Waals surface area contributed by atoms with Gasteiger partial charge in [-0.05, 0) is 24.6 Å². The first-order valence-electron chi connectivity index (χ1n) is 8.73. The Morgan fingerprint density at radius 3 is 2.54 bits per heavy atom. The van der Waals surface area contributed by atoms with E-state index in [1.807, 2.05) is 37.3 Å². The van der Waals surface area contributed by atoms with E-state index in [2.05, 4.69) is 20.5 Å². The molecule has 28 heavy (non-hydrogen) atoms. The summed E-state index contributed by atoms with van der Waals surface area (Å²) < 4.78 is 0. The fraction of sp³-hybridized carbons (Fsp3) is 0.150. The van der Waals surface area contributed by atoms with Gasteiger partial charge in [0.05, 0.1) is 17.0 Å². The Hall–Kier alpha value is -3.81. The topological polar surface area (TPSA) is 113 Å². The van der Waals surface area contributed by atoms with Gasteiger partial charge >= 0.3 is 0 Å². The van der Waals surface area contributed by atoms with Crippen LogP contribution in [0.5, 0.6) is 0 Å². The van der Waals surface area contributed by atoms with Crippen LogP contribution in [-0.4, -0.2) is 26.7 Å². The average molecular weight is 375 g/mol. The summed E-state index contributed by atoms with van der Waals surface area (Å²) in [5.41, 5.74) is 2.99. The van der Waals surface area contributed by atoms with E-state index in [0.717, 1.165) is 11.1 Å². The quantitative estimate of drug-likeness (QED) is 0.533. The minimum Gasteiger partial charge on any atom is -0.325 e. The first-order valence-corrected chi connectivity index (χ1v) is 8.73. The van der Waals surface area contributed by atoms with Crippen LogP contribution < -0.4 is 5.32 Å².